The second-order valence-electron chi connectivity index (χ2n) is 7.90. The maximum Gasteiger partial charge on any atom is 0.258 e. The fourth-order valence-corrected chi connectivity index (χ4v) is 3.04. The molecule has 3 rings (SSSR count). The van der Waals surface area contributed by atoms with Crippen molar-refractivity contribution in [1.82, 2.24) is 0 Å². The highest BCUT2D eigenvalue weighted by Gasteiger charge is 2.13. The molecule has 7 nitrogen and oxygen atoms in total. The molecule has 3 N–H and O–H groups in total. The zero-order valence-corrected chi connectivity index (χ0v) is 19.0. The van der Waals surface area contributed by atoms with Crippen LogP contribution in [-0.2, 0) is 9.59 Å². The van der Waals surface area contributed by atoms with Gasteiger partial charge in [0.15, 0.2) is 0 Å². The van der Waals surface area contributed by atoms with Gasteiger partial charge in [-0.15, -0.1) is 0 Å². The fraction of sp³-hybridized carbons (Fsp3) is 0.192. The van der Waals surface area contributed by atoms with Crippen molar-refractivity contribution in [2.45, 2.75) is 13.8 Å². The van der Waals surface area contributed by atoms with Crippen LogP contribution in [0, 0.1) is 5.92 Å². The molecule has 0 aliphatic rings. The number of carbonyl (C=O) groups is 3. The molecule has 0 unspecified atom stereocenters. The minimum atomic E-state index is -0.230. The Kier molecular flexibility index (Phi) is 7.81. The fourth-order valence-electron chi connectivity index (χ4n) is 3.04. The topological polar surface area (TPSA) is 90.5 Å². The van der Waals surface area contributed by atoms with E-state index in [1.807, 2.05) is 44.2 Å². The third kappa shape index (κ3) is 6.67. The lowest BCUT2D eigenvalue weighted by atomic mass is 10.1. The predicted molar refractivity (Wildman–Crippen MR) is 133 cm³/mol. The molecule has 0 saturated carbocycles. The first kappa shape index (κ1) is 23.5. The molecule has 0 aliphatic carbocycles. The number of hydrogen-bond acceptors (Lipinski definition) is 4. The van der Waals surface area contributed by atoms with Crippen molar-refractivity contribution < 1.29 is 14.4 Å². The van der Waals surface area contributed by atoms with E-state index >= 15 is 0 Å². The maximum absolute atomic E-state index is 12.7. The quantitative estimate of drug-likeness (QED) is 0.473. The summed E-state index contributed by atoms with van der Waals surface area (Å²) >= 11 is 0. The van der Waals surface area contributed by atoms with Crippen LogP contribution in [0.5, 0.6) is 0 Å². The van der Waals surface area contributed by atoms with Crippen molar-refractivity contribution in [2.24, 2.45) is 5.92 Å². The van der Waals surface area contributed by atoms with E-state index in [-0.39, 0.29) is 30.2 Å². The van der Waals surface area contributed by atoms with Gasteiger partial charge in [-0.1, -0.05) is 38.1 Å². The van der Waals surface area contributed by atoms with Crippen LogP contribution in [0.2, 0.25) is 0 Å². The highest BCUT2D eigenvalue weighted by molar-refractivity contribution is 6.06. The van der Waals surface area contributed by atoms with Gasteiger partial charge in [0.05, 0.1) is 6.54 Å². The average Bonchev–Trinajstić information content (AvgIpc) is 2.83. The summed E-state index contributed by atoms with van der Waals surface area (Å²) in [6.07, 6.45) is 0. The highest BCUT2D eigenvalue weighted by Crippen LogP contribution is 2.18. The standard InChI is InChI=1S/C26H28N4O3/c1-18(2)25(32)29-22-9-7-8-21(16-22)28-24(31)17-27-20-14-12-19(13-15-20)26(33)30(3)23-10-5-4-6-11-23/h4-16,18,27H,17H2,1-3H3,(H,28,31)(H,29,32). The van der Waals surface area contributed by atoms with Gasteiger partial charge in [0.1, 0.15) is 0 Å². The minimum absolute atomic E-state index is 0.0553. The Labute approximate surface area is 193 Å². The van der Waals surface area contributed by atoms with E-state index in [4.69, 9.17) is 0 Å². The normalized spacial score (nSPS) is 10.4. The number of hydrogen-bond donors (Lipinski definition) is 3. The Bertz CT molecular complexity index is 1110. The molecule has 170 valence electrons. The molecule has 3 aromatic rings. The number of carbonyl (C=O) groups excluding carboxylic acids is 3. The lowest BCUT2D eigenvalue weighted by Crippen LogP contribution is -2.26. The van der Waals surface area contributed by atoms with E-state index in [9.17, 15) is 14.4 Å². The molecule has 0 atom stereocenters. The summed E-state index contributed by atoms with van der Waals surface area (Å²) in [6.45, 7) is 3.69. The molecule has 0 fully saturated rings. The Morgan fingerprint density at radius 3 is 2.06 bits per heavy atom. The SMILES string of the molecule is CC(C)C(=O)Nc1cccc(NC(=O)CNc2ccc(C(=O)N(C)c3ccccc3)cc2)c1. The molecule has 7 heteroatoms. The van der Waals surface area contributed by atoms with Crippen LogP contribution in [0.3, 0.4) is 0 Å². The van der Waals surface area contributed by atoms with E-state index < -0.39 is 0 Å². The molecule has 0 saturated heterocycles. The first-order valence-corrected chi connectivity index (χ1v) is 10.7. The monoisotopic (exact) mass is 444 g/mol. The molecule has 0 heterocycles. The van der Waals surface area contributed by atoms with Gasteiger partial charge >= 0.3 is 0 Å². The zero-order chi connectivity index (χ0) is 23.8. The smallest absolute Gasteiger partial charge is 0.258 e. The van der Waals surface area contributed by atoms with E-state index in [0.29, 0.717) is 16.9 Å². The summed E-state index contributed by atoms with van der Waals surface area (Å²) in [5, 5.41) is 8.66. The van der Waals surface area contributed by atoms with Crippen LogP contribution in [0.4, 0.5) is 22.7 Å². The van der Waals surface area contributed by atoms with E-state index in [0.717, 1.165) is 11.4 Å². The van der Waals surface area contributed by atoms with Crippen molar-refractivity contribution >= 4 is 40.5 Å². The largest absolute Gasteiger partial charge is 0.376 e. The summed E-state index contributed by atoms with van der Waals surface area (Å²) in [7, 11) is 1.73. The summed E-state index contributed by atoms with van der Waals surface area (Å²) in [4.78, 5) is 38.4. The molecule has 0 bridgehead atoms. The summed E-state index contributed by atoms with van der Waals surface area (Å²) < 4.78 is 0. The second kappa shape index (κ2) is 10.9. The molecule has 33 heavy (non-hydrogen) atoms. The third-order valence-corrected chi connectivity index (χ3v) is 4.97. The third-order valence-electron chi connectivity index (χ3n) is 4.97. The number of nitrogens with one attached hydrogen (secondary N) is 3. The molecule has 0 radical (unpaired) electrons. The van der Waals surface area contributed by atoms with Gasteiger partial charge in [-0.05, 0) is 54.6 Å². The number of para-hydroxylation sites is 1. The van der Waals surface area contributed by atoms with Crippen molar-refractivity contribution in [1.29, 1.82) is 0 Å². The molecule has 3 aromatic carbocycles. The lowest BCUT2D eigenvalue weighted by molar-refractivity contribution is -0.119. The van der Waals surface area contributed by atoms with Gasteiger partial charge in [-0.3, -0.25) is 14.4 Å². The van der Waals surface area contributed by atoms with Crippen LogP contribution >= 0.6 is 0 Å². The van der Waals surface area contributed by atoms with Crippen molar-refractivity contribution in [3.63, 3.8) is 0 Å². The summed E-state index contributed by atoms with van der Waals surface area (Å²) in [5.74, 6) is -0.564. The van der Waals surface area contributed by atoms with Gasteiger partial charge in [-0.2, -0.15) is 0 Å². The molecule has 0 aromatic heterocycles. The van der Waals surface area contributed by atoms with Crippen LogP contribution in [0.1, 0.15) is 24.2 Å². The van der Waals surface area contributed by atoms with Gasteiger partial charge in [0.25, 0.3) is 5.91 Å². The van der Waals surface area contributed by atoms with Gasteiger partial charge in [-0.25, -0.2) is 0 Å². The summed E-state index contributed by atoms with van der Waals surface area (Å²) in [6, 6.07) is 23.4. The molecule has 3 amide bonds. The van der Waals surface area contributed by atoms with Gasteiger partial charge in [0, 0.05) is 41.3 Å². The van der Waals surface area contributed by atoms with Crippen molar-refractivity contribution in [2.75, 3.05) is 34.4 Å². The number of rotatable bonds is 8. The highest BCUT2D eigenvalue weighted by atomic mass is 16.2. The first-order valence-electron chi connectivity index (χ1n) is 10.7. The Hall–Kier alpha value is -4.13. The van der Waals surface area contributed by atoms with Crippen LogP contribution in [-0.4, -0.2) is 31.3 Å². The van der Waals surface area contributed by atoms with E-state index in [2.05, 4.69) is 16.0 Å². The Morgan fingerprint density at radius 2 is 1.42 bits per heavy atom. The number of benzene rings is 3. The predicted octanol–water partition coefficient (Wildman–Crippen LogP) is 4.61. The van der Waals surface area contributed by atoms with Crippen molar-refractivity contribution in [3.05, 3.63) is 84.4 Å². The van der Waals surface area contributed by atoms with Gasteiger partial charge in [0.2, 0.25) is 11.8 Å². The lowest BCUT2D eigenvalue weighted by Gasteiger charge is -2.17. The van der Waals surface area contributed by atoms with Gasteiger partial charge < -0.3 is 20.9 Å². The van der Waals surface area contributed by atoms with Crippen LogP contribution in [0.15, 0.2) is 78.9 Å². The maximum atomic E-state index is 12.7. The average molecular weight is 445 g/mol. The Balaban J connectivity index is 1.53. The summed E-state index contributed by atoms with van der Waals surface area (Å²) in [5.41, 5.74) is 3.31. The van der Waals surface area contributed by atoms with Crippen LogP contribution < -0.4 is 20.9 Å². The minimum Gasteiger partial charge on any atom is -0.376 e. The number of nitrogens with zero attached hydrogens (tertiary/aromatic N) is 1. The van der Waals surface area contributed by atoms with E-state index in [1.165, 1.54) is 0 Å². The van der Waals surface area contributed by atoms with Crippen LogP contribution in [0.25, 0.3) is 0 Å². The molecular formula is C26H28N4O3. The molecular weight excluding hydrogens is 416 g/mol. The van der Waals surface area contributed by atoms with E-state index in [1.54, 1.807) is 60.5 Å². The van der Waals surface area contributed by atoms with Crippen molar-refractivity contribution in [3.8, 4) is 0 Å². The number of anilines is 4. The molecule has 0 spiro atoms. The second-order valence-corrected chi connectivity index (χ2v) is 7.90. The number of amides is 3. The molecule has 0 aliphatic heterocycles. The first-order chi connectivity index (χ1) is 15.8. The Morgan fingerprint density at radius 1 is 0.788 bits per heavy atom. The zero-order valence-electron chi connectivity index (χ0n) is 19.0.